The molecule has 0 radical (unpaired) electrons. The number of para-hydroxylation sites is 1. The quantitative estimate of drug-likeness (QED) is 0.567. The number of carbonyl (C=O) groups is 2. The Morgan fingerprint density at radius 3 is 2.84 bits per heavy atom. The summed E-state index contributed by atoms with van der Waals surface area (Å²) < 4.78 is 10.0. The average Bonchev–Trinajstić information content (AvgIpc) is 3.33. The van der Waals surface area contributed by atoms with Crippen LogP contribution in [0.4, 0.5) is 5.69 Å². The molecule has 1 N–H and O–H groups in total. The van der Waals surface area contributed by atoms with Crippen LogP contribution in [0.25, 0.3) is 10.9 Å². The Hall–Kier alpha value is -3.26. The molecule has 2 aromatic carbocycles. The van der Waals surface area contributed by atoms with Crippen LogP contribution < -0.4 is 4.74 Å². The van der Waals surface area contributed by atoms with Crippen LogP contribution in [-0.4, -0.2) is 52.9 Å². The number of aromatic nitrogens is 1. The van der Waals surface area contributed by atoms with E-state index in [0.29, 0.717) is 29.6 Å². The summed E-state index contributed by atoms with van der Waals surface area (Å²) >= 11 is 1.30. The minimum Gasteiger partial charge on any atom is -0.497 e. The number of H-pyrrole nitrogens is 1. The summed E-state index contributed by atoms with van der Waals surface area (Å²) in [6, 6.07) is 15.4. The largest absolute Gasteiger partial charge is 0.497 e. The van der Waals surface area contributed by atoms with Crippen LogP contribution in [0.2, 0.25) is 0 Å². The lowest BCUT2D eigenvalue weighted by atomic mass is 10.1. The van der Waals surface area contributed by atoms with Crippen molar-refractivity contribution in [3.63, 3.8) is 0 Å². The van der Waals surface area contributed by atoms with Crippen LogP contribution >= 0.6 is 11.8 Å². The molecule has 4 rings (SSSR count). The number of rotatable bonds is 7. The summed E-state index contributed by atoms with van der Waals surface area (Å²) in [7, 11) is 2.92. The van der Waals surface area contributed by atoms with Crippen LogP contribution in [-0.2, 0) is 20.7 Å². The summed E-state index contributed by atoms with van der Waals surface area (Å²) in [6.07, 6.45) is 2.66. The Balaban J connectivity index is 1.59. The van der Waals surface area contributed by atoms with Crippen molar-refractivity contribution in [2.75, 3.05) is 20.8 Å². The first-order valence-electron chi connectivity index (χ1n) is 9.91. The van der Waals surface area contributed by atoms with Crippen molar-refractivity contribution in [1.29, 1.82) is 0 Å². The first kappa shape index (κ1) is 21.0. The highest BCUT2D eigenvalue weighted by atomic mass is 32.2. The third kappa shape index (κ3) is 4.59. The second-order valence-corrected chi connectivity index (χ2v) is 8.25. The molecule has 1 aliphatic rings. The lowest BCUT2D eigenvalue weighted by Gasteiger charge is -2.16. The van der Waals surface area contributed by atoms with E-state index in [4.69, 9.17) is 9.47 Å². The van der Waals surface area contributed by atoms with E-state index in [1.54, 1.807) is 12.0 Å². The number of benzene rings is 2. The molecule has 1 fully saturated rings. The van der Waals surface area contributed by atoms with E-state index in [-0.39, 0.29) is 12.3 Å². The molecule has 1 amide bonds. The fourth-order valence-electron chi connectivity index (χ4n) is 3.53. The topological polar surface area (TPSA) is 84.0 Å². The van der Waals surface area contributed by atoms with Crippen molar-refractivity contribution >= 4 is 45.4 Å². The van der Waals surface area contributed by atoms with Gasteiger partial charge >= 0.3 is 5.97 Å². The summed E-state index contributed by atoms with van der Waals surface area (Å²) in [5, 5.41) is 1.17. The maximum Gasteiger partial charge on any atom is 0.307 e. The van der Waals surface area contributed by atoms with E-state index in [1.807, 2.05) is 48.7 Å². The van der Waals surface area contributed by atoms with Crippen molar-refractivity contribution in [2.24, 2.45) is 4.99 Å². The molecule has 7 nitrogen and oxygen atoms in total. The number of carbonyl (C=O) groups excluding carboxylic acids is 2. The minimum atomic E-state index is -0.542. The van der Waals surface area contributed by atoms with E-state index in [2.05, 4.69) is 16.0 Å². The van der Waals surface area contributed by atoms with Crippen molar-refractivity contribution in [2.45, 2.75) is 18.1 Å². The highest BCUT2D eigenvalue weighted by molar-refractivity contribution is 8.15. The number of methoxy groups -OCH3 is 2. The molecular weight excluding hydrogens is 414 g/mol. The van der Waals surface area contributed by atoms with Gasteiger partial charge in [0.15, 0.2) is 5.17 Å². The van der Waals surface area contributed by atoms with Gasteiger partial charge in [0.2, 0.25) is 5.91 Å². The highest BCUT2D eigenvalue weighted by Gasteiger charge is 2.39. The second-order valence-electron chi connectivity index (χ2n) is 7.08. The summed E-state index contributed by atoms with van der Waals surface area (Å²) in [6.45, 7) is 0.466. The predicted molar refractivity (Wildman–Crippen MR) is 122 cm³/mol. The fraction of sp³-hybridized carbons (Fsp3) is 0.261. The molecule has 1 aromatic heterocycles. The molecule has 8 heteroatoms. The molecule has 31 heavy (non-hydrogen) atoms. The molecule has 0 bridgehead atoms. The van der Waals surface area contributed by atoms with E-state index in [1.165, 1.54) is 18.9 Å². The lowest BCUT2D eigenvalue weighted by molar-refractivity contribution is -0.142. The lowest BCUT2D eigenvalue weighted by Crippen LogP contribution is -2.34. The molecule has 0 unspecified atom stereocenters. The van der Waals surface area contributed by atoms with Crippen LogP contribution in [0, 0.1) is 0 Å². The van der Waals surface area contributed by atoms with Crippen molar-refractivity contribution < 1.29 is 19.1 Å². The maximum atomic E-state index is 13.1. The van der Waals surface area contributed by atoms with Gasteiger partial charge in [-0.2, -0.15) is 0 Å². The van der Waals surface area contributed by atoms with E-state index in [0.717, 1.165) is 16.5 Å². The Kier molecular flexibility index (Phi) is 6.27. The van der Waals surface area contributed by atoms with Crippen LogP contribution in [0.1, 0.15) is 12.0 Å². The number of nitrogens with zero attached hydrogens (tertiary/aromatic N) is 2. The average molecular weight is 438 g/mol. The van der Waals surface area contributed by atoms with Gasteiger partial charge in [-0.25, -0.2) is 4.99 Å². The van der Waals surface area contributed by atoms with Crippen molar-refractivity contribution in [3.05, 3.63) is 60.3 Å². The third-order valence-corrected chi connectivity index (χ3v) is 6.33. The number of amidine groups is 1. The van der Waals surface area contributed by atoms with E-state index >= 15 is 0 Å². The normalized spacial score (nSPS) is 17.5. The smallest absolute Gasteiger partial charge is 0.307 e. The van der Waals surface area contributed by atoms with Crippen LogP contribution in [0.3, 0.4) is 0 Å². The number of aromatic amines is 1. The molecule has 1 aliphatic heterocycles. The number of thioether (sulfide) groups is 1. The number of fused-ring (bicyclic) bond motifs is 1. The van der Waals surface area contributed by atoms with E-state index in [9.17, 15) is 9.59 Å². The number of ether oxygens (including phenoxy) is 2. The monoisotopic (exact) mass is 437 g/mol. The number of aliphatic imine (C=N–C) groups is 1. The molecule has 0 aliphatic carbocycles. The Labute approximate surface area is 184 Å². The zero-order valence-electron chi connectivity index (χ0n) is 17.3. The van der Waals surface area contributed by atoms with Gasteiger partial charge in [0.1, 0.15) is 11.0 Å². The zero-order chi connectivity index (χ0) is 21.8. The summed E-state index contributed by atoms with van der Waals surface area (Å²) in [5.41, 5.74) is 2.88. The first-order valence-corrected chi connectivity index (χ1v) is 10.8. The molecule has 0 spiro atoms. The SMILES string of the molecule is COC(=O)C[C@@H]1SC(=Nc2cccc(OC)c2)N(CCc2c[nH]c3ccccc23)C1=O. The number of nitrogens with one attached hydrogen (secondary N) is 1. The zero-order valence-corrected chi connectivity index (χ0v) is 18.1. The van der Waals surface area contributed by atoms with Gasteiger partial charge in [0.25, 0.3) is 0 Å². The number of esters is 1. The van der Waals surface area contributed by atoms with Gasteiger partial charge in [0.05, 0.1) is 26.3 Å². The van der Waals surface area contributed by atoms with Crippen LogP contribution in [0.15, 0.2) is 59.7 Å². The summed E-state index contributed by atoms with van der Waals surface area (Å²) in [4.78, 5) is 34.5. The fourth-order valence-corrected chi connectivity index (χ4v) is 4.70. The van der Waals surface area contributed by atoms with Gasteiger partial charge in [-0.3, -0.25) is 14.5 Å². The predicted octanol–water partition coefficient (Wildman–Crippen LogP) is 3.91. The maximum absolute atomic E-state index is 13.1. The molecular formula is C23H23N3O4S. The van der Waals surface area contributed by atoms with Gasteiger partial charge in [-0.05, 0) is 30.2 Å². The van der Waals surface area contributed by atoms with Crippen molar-refractivity contribution in [3.8, 4) is 5.75 Å². The Bertz CT molecular complexity index is 1140. The molecule has 3 aromatic rings. The van der Waals surface area contributed by atoms with Crippen LogP contribution in [0.5, 0.6) is 5.75 Å². The van der Waals surface area contributed by atoms with Gasteiger partial charge < -0.3 is 14.5 Å². The number of hydrogen-bond acceptors (Lipinski definition) is 6. The minimum absolute atomic E-state index is 0.0146. The second kappa shape index (κ2) is 9.26. The Morgan fingerprint density at radius 1 is 1.19 bits per heavy atom. The van der Waals surface area contributed by atoms with Gasteiger partial charge in [-0.1, -0.05) is 36.0 Å². The molecule has 160 valence electrons. The van der Waals surface area contributed by atoms with Gasteiger partial charge in [0, 0.05) is 29.7 Å². The number of amides is 1. The number of hydrogen-bond donors (Lipinski definition) is 1. The van der Waals surface area contributed by atoms with Crippen molar-refractivity contribution in [1.82, 2.24) is 9.88 Å². The highest BCUT2D eigenvalue weighted by Crippen LogP contribution is 2.33. The molecule has 0 saturated carbocycles. The Morgan fingerprint density at radius 2 is 2.03 bits per heavy atom. The molecule has 1 atom stereocenters. The first-order chi connectivity index (χ1) is 15.1. The standard InChI is InChI=1S/C23H23N3O4S/c1-29-17-7-5-6-16(12-17)25-23-26(22(28)20(31-23)13-21(27)30-2)11-10-15-14-24-19-9-4-3-8-18(15)19/h3-9,12,14,20,24H,10-11,13H2,1-2H3/t20-/m0/s1. The third-order valence-electron chi connectivity index (χ3n) is 5.16. The molecule has 1 saturated heterocycles. The summed E-state index contributed by atoms with van der Waals surface area (Å²) in [5.74, 6) is 0.148. The van der Waals surface area contributed by atoms with Gasteiger partial charge in [-0.15, -0.1) is 0 Å². The van der Waals surface area contributed by atoms with E-state index < -0.39 is 11.2 Å². The molecule has 2 heterocycles.